The van der Waals surface area contributed by atoms with Crippen LogP contribution in [0.5, 0.6) is 0 Å². The Morgan fingerprint density at radius 3 is 2.68 bits per heavy atom. The van der Waals surface area contributed by atoms with Crippen molar-refractivity contribution in [2.24, 2.45) is 5.92 Å². The van der Waals surface area contributed by atoms with Crippen LogP contribution < -0.4 is 4.90 Å². The minimum atomic E-state index is 0.148. The smallest absolute Gasteiger partial charge is 0.139 e. The van der Waals surface area contributed by atoms with Gasteiger partial charge in [0.15, 0.2) is 0 Å². The number of halogens is 1. The average Bonchev–Trinajstić information content (AvgIpc) is 2.41. The van der Waals surface area contributed by atoms with Crippen LogP contribution in [0.25, 0.3) is 10.8 Å². The number of hydrogen-bond acceptors (Lipinski definition) is 2. The van der Waals surface area contributed by atoms with E-state index in [-0.39, 0.29) is 5.92 Å². The minimum absolute atomic E-state index is 0.148. The largest absolute Gasteiger partial charge is 0.370 e. The average molecular weight is 318 g/mol. The summed E-state index contributed by atoms with van der Waals surface area (Å²) in [6, 6.07) is 12.8. The number of anilines is 1. The third kappa shape index (κ3) is 2.52. The summed E-state index contributed by atoms with van der Waals surface area (Å²) in [4.78, 5) is 13.9. The third-order valence-electron chi connectivity index (χ3n) is 3.82. The van der Waals surface area contributed by atoms with Gasteiger partial charge < -0.3 is 4.90 Å². The molecule has 2 aromatic carbocycles. The fourth-order valence-electron chi connectivity index (χ4n) is 2.65. The van der Waals surface area contributed by atoms with Gasteiger partial charge in [0.2, 0.25) is 0 Å². The van der Waals surface area contributed by atoms with E-state index in [0.29, 0.717) is 12.2 Å². The highest BCUT2D eigenvalue weighted by molar-refractivity contribution is 9.10. The lowest BCUT2D eigenvalue weighted by molar-refractivity contribution is -0.122. The monoisotopic (exact) mass is 317 g/mol. The molecule has 0 amide bonds. The summed E-state index contributed by atoms with van der Waals surface area (Å²) in [5.74, 6) is 0.537. The molecule has 0 saturated carbocycles. The summed E-state index contributed by atoms with van der Waals surface area (Å²) in [7, 11) is 0. The molecule has 1 heterocycles. The fraction of sp³-hybridized carbons (Fsp3) is 0.312. The van der Waals surface area contributed by atoms with Crippen LogP contribution in [-0.4, -0.2) is 18.9 Å². The molecule has 2 aromatic rings. The number of carbonyl (C=O) groups is 1. The normalized spacial score (nSPS) is 20.0. The van der Waals surface area contributed by atoms with E-state index >= 15 is 0 Å². The molecule has 1 saturated heterocycles. The van der Waals surface area contributed by atoms with E-state index in [2.05, 4.69) is 57.2 Å². The van der Waals surface area contributed by atoms with E-state index in [4.69, 9.17) is 0 Å². The van der Waals surface area contributed by atoms with E-state index < -0.39 is 0 Å². The van der Waals surface area contributed by atoms with Crippen molar-refractivity contribution >= 4 is 38.2 Å². The van der Waals surface area contributed by atoms with Gasteiger partial charge in [-0.2, -0.15) is 0 Å². The van der Waals surface area contributed by atoms with E-state index in [9.17, 15) is 4.79 Å². The zero-order chi connectivity index (χ0) is 13.4. The van der Waals surface area contributed by atoms with Crippen molar-refractivity contribution in [2.75, 3.05) is 18.0 Å². The molecule has 1 unspecified atom stereocenters. The Hall–Kier alpha value is -1.35. The molecule has 2 nitrogen and oxygen atoms in total. The summed E-state index contributed by atoms with van der Waals surface area (Å²) in [5.41, 5.74) is 1.22. The van der Waals surface area contributed by atoms with Crippen molar-refractivity contribution < 1.29 is 4.79 Å². The molecule has 0 radical (unpaired) electrons. The first-order valence-corrected chi connectivity index (χ1v) is 7.40. The van der Waals surface area contributed by atoms with Gasteiger partial charge in [0.05, 0.1) is 0 Å². The molecule has 0 spiro atoms. The highest BCUT2D eigenvalue weighted by atomic mass is 79.9. The molecule has 1 fully saturated rings. The molecule has 3 heteroatoms. The molecule has 98 valence electrons. The number of nitrogens with zero attached hydrogens (tertiary/aromatic N) is 1. The van der Waals surface area contributed by atoms with Crippen molar-refractivity contribution in [1.29, 1.82) is 0 Å². The number of benzene rings is 2. The molecule has 0 bridgehead atoms. The van der Waals surface area contributed by atoms with E-state index in [1.165, 1.54) is 16.5 Å². The Morgan fingerprint density at radius 1 is 1.16 bits per heavy atom. The molecule has 1 aliphatic rings. The molecule has 1 atom stereocenters. The summed E-state index contributed by atoms with van der Waals surface area (Å²) in [6.07, 6.45) is 0.666. The van der Waals surface area contributed by atoms with Gasteiger partial charge in [-0.05, 0) is 35.0 Å². The lowest BCUT2D eigenvalue weighted by Gasteiger charge is -2.32. The number of piperidine rings is 1. The maximum absolute atomic E-state index is 11.6. The second-order valence-corrected chi connectivity index (χ2v) is 6.15. The number of ketones is 1. The van der Waals surface area contributed by atoms with Crippen molar-refractivity contribution in [3.63, 3.8) is 0 Å². The molecule has 0 aliphatic carbocycles. The van der Waals surface area contributed by atoms with Crippen molar-refractivity contribution in [3.05, 3.63) is 40.9 Å². The van der Waals surface area contributed by atoms with Gasteiger partial charge in [0, 0.05) is 35.6 Å². The van der Waals surface area contributed by atoms with E-state index in [1.54, 1.807) is 0 Å². The standard InChI is InChI=1S/C16H16BrNO/c1-11-10-18(7-6-16(11)19)15-5-3-12-8-14(17)4-2-13(12)9-15/h2-5,8-9,11H,6-7,10H2,1H3. The maximum Gasteiger partial charge on any atom is 0.139 e. The second-order valence-electron chi connectivity index (χ2n) is 5.24. The molecule has 1 aliphatic heterocycles. The van der Waals surface area contributed by atoms with Gasteiger partial charge in [-0.1, -0.05) is 35.0 Å². The lowest BCUT2D eigenvalue weighted by Crippen LogP contribution is -2.39. The second kappa shape index (κ2) is 4.97. The van der Waals surface area contributed by atoms with Crippen LogP contribution >= 0.6 is 15.9 Å². The van der Waals surface area contributed by atoms with Crippen LogP contribution in [0.4, 0.5) is 5.69 Å². The number of hydrogen-bond donors (Lipinski definition) is 0. The Balaban J connectivity index is 1.93. The number of fused-ring (bicyclic) bond motifs is 1. The lowest BCUT2D eigenvalue weighted by atomic mass is 9.98. The summed E-state index contributed by atoms with van der Waals surface area (Å²) < 4.78 is 1.10. The topological polar surface area (TPSA) is 20.3 Å². The van der Waals surface area contributed by atoms with Gasteiger partial charge in [0.25, 0.3) is 0 Å². The van der Waals surface area contributed by atoms with Crippen LogP contribution in [0.3, 0.4) is 0 Å². The van der Waals surface area contributed by atoms with Crippen LogP contribution in [0.1, 0.15) is 13.3 Å². The summed E-state index contributed by atoms with van der Waals surface area (Å²) >= 11 is 3.49. The van der Waals surface area contributed by atoms with Crippen LogP contribution in [0.15, 0.2) is 40.9 Å². The molecule has 0 N–H and O–H groups in total. The Labute approximate surface area is 121 Å². The predicted molar refractivity (Wildman–Crippen MR) is 82.6 cm³/mol. The molecule has 19 heavy (non-hydrogen) atoms. The fourth-order valence-corrected chi connectivity index (χ4v) is 3.03. The molecule has 0 aromatic heterocycles. The molecule has 3 rings (SSSR count). The number of carbonyl (C=O) groups excluding carboxylic acids is 1. The van der Waals surface area contributed by atoms with Crippen molar-refractivity contribution in [1.82, 2.24) is 0 Å². The summed E-state index contributed by atoms with van der Waals surface area (Å²) in [6.45, 7) is 3.69. The van der Waals surface area contributed by atoms with Gasteiger partial charge in [-0.15, -0.1) is 0 Å². The predicted octanol–water partition coefficient (Wildman–Crippen LogP) is 4.02. The first-order chi connectivity index (χ1) is 9.13. The van der Waals surface area contributed by atoms with Crippen molar-refractivity contribution in [2.45, 2.75) is 13.3 Å². The Bertz CT molecular complexity index is 638. The van der Waals surface area contributed by atoms with E-state index in [1.807, 2.05) is 6.92 Å². The summed E-state index contributed by atoms with van der Waals surface area (Å²) in [5, 5.41) is 2.48. The van der Waals surface area contributed by atoms with Gasteiger partial charge in [-0.3, -0.25) is 4.79 Å². The minimum Gasteiger partial charge on any atom is -0.370 e. The van der Waals surface area contributed by atoms with Crippen LogP contribution in [0.2, 0.25) is 0 Å². The Morgan fingerprint density at radius 2 is 1.89 bits per heavy atom. The zero-order valence-corrected chi connectivity index (χ0v) is 12.5. The third-order valence-corrected chi connectivity index (χ3v) is 4.32. The highest BCUT2D eigenvalue weighted by Gasteiger charge is 2.23. The highest BCUT2D eigenvalue weighted by Crippen LogP contribution is 2.27. The number of rotatable bonds is 1. The first-order valence-electron chi connectivity index (χ1n) is 6.60. The van der Waals surface area contributed by atoms with Crippen LogP contribution in [0, 0.1) is 5.92 Å². The molecular formula is C16H16BrNO. The Kier molecular flexibility index (Phi) is 3.31. The SMILES string of the molecule is CC1CN(c2ccc3cc(Br)ccc3c2)CCC1=O. The van der Waals surface area contributed by atoms with Gasteiger partial charge >= 0.3 is 0 Å². The zero-order valence-electron chi connectivity index (χ0n) is 10.9. The van der Waals surface area contributed by atoms with Gasteiger partial charge in [0.1, 0.15) is 5.78 Å². The van der Waals surface area contributed by atoms with E-state index in [0.717, 1.165) is 17.6 Å². The van der Waals surface area contributed by atoms with Crippen LogP contribution in [-0.2, 0) is 4.79 Å². The van der Waals surface area contributed by atoms with Gasteiger partial charge in [-0.25, -0.2) is 0 Å². The van der Waals surface area contributed by atoms with Crippen molar-refractivity contribution in [3.8, 4) is 0 Å². The number of Topliss-reactive ketones (excluding diaryl/α,β-unsaturated/α-hetero) is 1. The maximum atomic E-state index is 11.6. The molecular weight excluding hydrogens is 302 g/mol. The first kappa shape index (κ1) is 12.7. The quantitative estimate of drug-likeness (QED) is 0.791.